The molecule has 12 bridgehead atoms. The number of ether oxygens (including phenoxy) is 9. The van der Waals surface area contributed by atoms with Gasteiger partial charge in [0.25, 0.3) is 0 Å². The fraction of sp³-hybridized carbons (Fsp3) is 0.878. The number of aliphatic hydroxyl groups is 1. The molecule has 0 amide bonds. The quantitative estimate of drug-likeness (QED) is 0.313. The van der Waals surface area contributed by atoms with Crippen molar-refractivity contribution >= 4 is 6.29 Å². The van der Waals surface area contributed by atoms with Crippen molar-refractivity contribution in [2.45, 2.75) is 194 Å². The zero-order valence-electron chi connectivity index (χ0n) is 31.5. The van der Waals surface area contributed by atoms with E-state index in [1.165, 1.54) is 0 Å². The highest BCUT2D eigenvalue weighted by Gasteiger charge is 2.69. The largest absolute Gasteiger partial charge is 0.392 e. The number of fused-ring (bicyclic) bond motifs is 6. The van der Waals surface area contributed by atoms with Gasteiger partial charge in [0.2, 0.25) is 0 Å². The number of nitrogens with two attached hydrogens (primary N) is 1. The maximum atomic E-state index is 12.9. The van der Waals surface area contributed by atoms with E-state index in [1.54, 1.807) is 7.11 Å². The Morgan fingerprint density at radius 2 is 1.58 bits per heavy atom. The predicted molar refractivity (Wildman–Crippen MR) is 191 cm³/mol. The minimum atomic E-state index is -0.786. The number of carbonyl (C=O) groups excluding carboxylic acids is 1. The molecule has 10 saturated heterocycles. The summed E-state index contributed by atoms with van der Waals surface area (Å²) in [5, 5.41) is 10.6. The fourth-order valence-corrected chi connectivity index (χ4v) is 11.6. The van der Waals surface area contributed by atoms with Crippen molar-refractivity contribution in [3.63, 3.8) is 0 Å². The van der Waals surface area contributed by atoms with Gasteiger partial charge >= 0.3 is 0 Å². The van der Waals surface area contributed by atoms with E-state index in [0.29, 0.717) is 44.4 Å². The molecule has 10 aliphatic heterocycles. The summed E-state index contributed by atoms with van der Waals surface area (Å²) in [5.74, 6) is -0.837. The second-order valence-corrected chi connectivity index (χ2v) is 17.8. The third-order valence-electron chi connectivity index (χ3n) is 14.5. The molecular formula is C41H61NO11. The molecule has 10 fully saturated rings. The number of aliphatic hydroxyl groups excluding tert-OH is 1. The van der Waals surface area contributed by atoms with Crippen LogP contribution < -0.4 is 5.73 Å². The van der Waals surface area contributed by atoms with Gasteiger partial charge in [-0.1, -0.05) is 20.1 Å². The minimum Gasteiger partial charge on any atom is -0.392 e. The zero-order chi connectivity index (χ0) is 36.6. The average Bonchev–Trinajstić information content (AvgIpc) is 3.83. The summed E-state index contributed by atoms with van der Waals surface area (Å²) in [6.45, 7) is 11.3. The third-order valence-corrected chi connectivity index (χ3v) is 14.5. The maximum Gasteiger partial charge on any atom is 0.172 e. The van der Waals surface area contributed by atoms with Crippen LogP contribution >= 0.6 is 0 Å². The van der Waals surface area contributed by atoms with Gasteiger partial charge in [-0.25, -0.2) is 0 Å². The third kappa shape index (κ3) is 6.83. The first kappa shape index (κ1) is 37.3. The first-order valence-electron chi connectivity index (χ1n) is 20.7. The van der Waals surface area contributed by atoms with Crippen molar-refractivity contribution in [3.05, 3.63) is 24.3 Å². The first-order chi connectivity index (χ1) is 25.7. The Morgan fingerprint density at radius 1 is 0.830 bits per heavy atom. The maximum absolute atomic E-state index is 12.9. The summed E-state index contributed by atoms with van der Waals surface area (Å²) in [4.78, 5) is 12.9. The van der Waals surface area contributed by atoms with Crippen molar-refractivity contribution in [3.8, 4) is 0 Å². The Kier molecular flexibility index (Phi) is 10.5. The zero-order valence-corrected chi connectivity index (χ0v) is 31.5. The fourth-order valence-electron chi connectivity index (χ4n) is 11.6. The molecule has 12 heteroatoms. The van der Waals surface area contributed by atoms with Gasteiger partial charge in [-0.2, -0.15) is 0 Å². The van der Waals surface area contributed by atoms with Crippen LogP contribution in [0.4, 0.5) is 0 Å². The van der Waals surface area contributed by atoms with Crippen LogP contribution in [-0.2, 0) is 47.4 Å². The van der Waals surface area contributed by atoms with Crippen LogP contribution in [0.5, 0.6) is 0 Å². The molecule has 10 rings (SSSR count). The highest BCUT2D eigenvalue weighted by molar-refractivity contribution is 5.54. The van der Waals surface area contributed by atoms with Crippen molar-refractivity contribution < 1.29 is 52.5 Å². The van der Waals surface area contributed by atoms with E-state index in [1.807, 2.05) is 0 Å². The highest BCUT2D eigenvalue weighted by atomic mass is 16.8. The van der Waals surface area contributed by atoms with E-state index in [2.05, 4.69) is 20.1 Å². The summed E-state index contributed by atoms with van der Waals surface area (Å²) in [6, 6.07) is 0. The summed E-state index contributed by atoms with van der Waals surface area (Å²) in [5.41, 5.74) is 8.08. The highest BCUT2D eigenvalue weighted by Crippen LogP contribution is 2.54. The Bertz CT molecular complexity index is 1380. The van der Waals surface area contributed by atoms with E-state index in [-0.39, 0.29) is 110 Å². The van der Waals surface area contributed by atoms with E-state index in [0.717, 1.165) is 62.4 Å². The molecule has 1 spiro atoms. The number of hydrogen-bond acceptors (Lipinski definition) is 12. The van der Waals surface area contributed by atoms with E-state index < -0.39 is 11.9 Å². The van der Waals surface area contributed by atoms with Gasteiger partial charge in [-0.05, 0) is 74.9 Å². The molecule has 3 N–H and O–H groups in total. The predicted octanol–water partition coefficient (Wildman–Crippen LogP) is 3.68. The Morgan fingerprint density at radius 3 is 2.40 bits per heavy atom. The Labute approximate surface area is 313 Å². The van der Waals surface area contributed by atoms with Crippen molar-refractivity contribution in [2.24, 2.45) is 23.5 Å². The molecule has 20 atom stereocenters. The molecule has 296 valence electrons. The second-order valence-electron chi connectivity index (χ2n) is 17.8. The lowest BCUT2D eigenvalue weighted by Gasteiger charge is -2.48. The SMILES string of the molecule is C=C1C[C@@H]2CC[C@@]34C[C@H]5O[C@H]6[C@@H](O3)[C@H]3OC(CC[C@@H]3O[C@H]6[C@H]5O4)[C@@H](C=O)CCC3[C@@H](OC)C(C[C@H](O)CN)O[C@H]3CC3O[C@@H](CCC1O2)C[C@@H](C)C3=C. The molecule has 0 saturated carbocycles. The van der Waals surface area contributed by atoms with Gasteiger partial charge in [0.1, 0.15) is 36.8 Å². The van der Waals surface area contributed by atoms with Crippen molar-refractivity contribution in [1.29, 1.82) is 0 Å². The number of hydrogen-bond donors (Lipinski definition) is 2. The second kappa shape index (κ2) is 14.9. The van der Waals surface area contributed by atoms with Crippen molar-refractivity contribution in [2.75, 3.05) is 13.7 Å². The summed E-state index contributed by atoms with van der Waals surface area (Å²) >= 11 is 0. The monoisotopic (exact) mass is 743 g/mol. The number of rotatable bonds is 5. The smallest absolute Gasteiger partial charge is 0.172 e. The first-order valence-corrected chi connectivity index (χ1v) is 20.7. The normalized spacial score (nSPS) is 52.9. The van der Waals surface area contributed by atoms with Gasteiger partial charge in [-0.15, -0.1) is 0 Å². The van der Waals surface area contributed by atoms with Gasteiger partial charge in [0.05, 0.1) is 67.1 Å². The van der Waals surface area contributed by atoms with Crippen LogP contribution in [0.15, 0.2) is 24.3 Å². The molecule has 10 aliphatic rings. The lowest BCUT2D eigenvalue weighted by molar-refractivity contribution is -0.295. The molecule has 0 radical (unpaired) electrons. The number of methoxy groups -OCH3 is 1. The molecule has 5 unspecified atom stereocenters. The minimum absolute atomic E-state index is 0.00673. The molecule has 0 aromatic carbocycles. The van der Waals surface area contributed by atoms with E-state index in [9.17, 15) is 9.90 Å². The summed E-state index contributed by atoms with van der Waals surface area (Å²) < 4.78 is 60.5. The van der Waals surface area contributed by atoms with Crippen molar-refractivity contribution in [1.82, 2.24) is 0 Å². The van der Waals surface area contributed by atoms with Gasteiger partial charge in [-0.3, -0.25) is 0 Å². The van der Waals surface area contributed by atoms with Crippen LogP contribution in [0, 0.1) is 17.8 Å². The summed E-state index contributed by atoms with van der Waals surface area (Å²) in [7, 11) is 1.71. The Hall–Kier alpha value is -1.29. The average molecular weight is 744 g/mol. The number of aldehydes is 1. The van der Waals surface area contributed by atoms with E-state index >= 15 is 0 Å². The summed E-state index contributed by atoms with van der Waals surface area (Å²) in [6.07, 6.45) is 7.15. The standard InChI is InChI=1S/C41H61NO11/c1-20-13-25-6-8-28-21(2)14-26(46-28)11-12-41-17-34-37(52-41)38-39(51-34)40(53-41)36-30(50-38)10-9-29(49-36)23(19-43)5-7-27-32(16-31(47-25)22(20)3)48-33(35(27)45-4)15-24(44)18-42/h19-20,23-40,44H,2-3,5-18,42H2,1,4H3/t20-,23-,24+,25+,26+,27?,28?,29?,30+,31?,32+,33?,34-,35-,36+,37+,38+,39-,40+,41+/m1/s1. The van der Waals surface area contributed by atoms with Crippen LogP contribution in [0.25, 0.3) is 0 Å². The molecular weight excluding hydrogens is 682 g/mol. The molecule has 0 aliphatic carbocycles. The lowest BCUT2D eigenvalue weighted by atomic mass is 9.80. The Balaban J connectivity index is 1.00. The van der Waals surface area contributed by atoms with Crippen LogP contribution in [-0.4, -0.2) is 128 Å². The molecule has 53 heavy (non-hydrogen) atoms. The molecule has 0 aromatic rings. The van der Waals surface area contributed by atoms with Gasteiger partial charge in [0.15, 0.2) is 5.79 Å². The lowest BCUT2D eigenvalue weighted by Crippen LogP contribution is -2.62. The van der Waals surface area contributed by atoms with Crippen LogP contribution in [0.2, 0.25) is 0 Å². The van der Waals surface area contributed by atoms with Crippen LogP contribution in [0.1, 0.15) is 90.4 Å². The molecule has 10 heterocycles. The molecule has 12 nitrogen and oxygen atoms in total. The van der Waals surface area contributed by atoms with E-state index in [4.69, 9.17) is 48.4 Å². The van der Waals surface area contributed by atoms with Crippen LogP contribution in [0.3, 0.4) is 0 Å². The van der Waals surface area contributed by atoms with Gasteiger partial charge < -0.3 is 58.3 Å². The molecule has 0 aromatic heterocycles. The number of carbonyl (C=O) groups is 1. The van der Waals surface area contributed by atoms with Gasteiger partial charge in [0, 0.05) is 51.2 Å². The topological polar surface area (TPSA) is 146 Å².